The third-order valence-electron chi connectivity index (χ3n) is 4.90. The van der Waals surface area contributed by atoms with E-state index < -0.39 is 11.7 Å². The number of rotatable bonds is 7. The summed E-state index contributed by atoms with van der Waals surface area (Å²) in [5, 5.41) is 0. The normalized spacial score (nSPS) is 11.4. The molecule has 33 heavy (non-hydrogen) atoms. The summed E-state index contributed by atoms with van der Waals surface area (Å²) in [6.45, 7) is 0. The third kappa shape index (κ3) is 6.03. The molecule has 0 saturated heterocycles. The molecule has 0 aliphatic carbocycles. The van der Waals surface area contributed by atoms with Gasteiger partial charge in [0.05, 0.1) is 5.56 Å². The molecule has 1 N–H and O–H groups in total. The van der Waals surface area contributed by atoms with Gasteiger partial charge in [-0.15, -0.1) is 0 Å². The predicted octanol–water partition coefficient (Wildman–Crippen LogP) is 4.75. The van der Waals surface area contributed by atoms with Crippen molar-refractivity contribution in [2.45, 2.75) is 25.4 Å². The van der Waals surface area contributed by atoms with Crippen LogP contribution in [-0.4, -0.2) is 19.9 Å². The molecule has 0 fully saturated rings. The molecule has 0 bridgehead atoms. The van der Waals surface area contributed by atoms with Crippen LogP contribution in [0.4, 0.5) is 13.2 Å². The lowest BCUT2D eigenvalue weighted by molar-refractivity contribution is -0.137. The maximum absolute atomic E-state index is 12.8. The van der Waals surface area contributed by atoms with Crippen molar-refractivity contribution in [2.75, 3.05) is 0 Å². The Hall–Kier alpha value is -4.01. The lowest BCUT2D eigenvalue weighted by Gasteiger charge is -2.10. The monoisotopic (exact) mass is 452 g/mol. The highest BCUT2D eigenvalue weighted by Crippen LogP contribution is 2.32. The van der Waals surface area contributed by atoms with E-state index in [1.165, 1.54) is 18.5 Å². The van der Waals surface area contributed by atoms with Gasteiger partial charge < -0.3 is 9.72 Å². The lowest BCUT2D eigenvalue weighted by Crippen LogP contribution is -2.17. The molecule has 4 rings (SSSR count). The molecule has 0 saturated carbocycles. The highest BCUT2D eigenvalue weighted by molar-refractivity contribution is 5.36. The molecule has 0 amide bonds. The van der Waals surface area contributed by atoms with Crippen LogP contribution in [0.1, 0.15) is 28.1 Å². The van der Waals surface area contributed by atoms with Gasteiger partial charge in [-0.25, -0.2) is 9.97 Å². The maximum atomic E-state index is 12.8. The van der Waals surface area contributed by atoms with Crippen molar-refractivity contribution in [3.63, 3.8) is 0 Å². The number of nitrogens with zero attached hydrogens (tertiary/aromatic N) is 3. The van der Waals surface area contributed by atoms with Crippen molar-refractivity contribution in [1.29, 1.82) is 0 Å². The number of H-pyrrole nitrogens is 1. The Bertz CT molecular complexity index is 1270. The largest absolute Gasteiger partial charge is 0.457 e. The zero-order chi connectivity index (χ0) is 23.3. The van der Waals surface area contributed by atoms with Gasteiger partial charge in [-0.2, -0.15) is 18.2 Å². The molecule has 2 heterocycles. The van der Waals surface area contributed by atoms with E-state index in [1.54, 1.807) is 30.7 Å². The van der Waals surface area contributed by atoms with Crippen molar-refractivity contribution in [1.82, 2.24) is 19.9 Å². The van der Waals surface area contributed by atoms with Crippen LogP contribution in [0.15, 0.2) is 78.2 Å². The van der Waals surface area contributed by atoms with Gasteiger partial charge in [0.2, 0.25) is 0 Å². The summed E-state index contributed by atoms with van der Waals surface area (Å²) in [6.07, 6.45) is 3.52. The van der Waals surface area contributed by atoms with Gasteiger partial charge in [-0.1, -0.05) is 18.2 Å². The zero-order valence-corrected chi connectivity index (χ0v) is 17.3. The standard InChI is InChI=1S/C24H19F3N4O2/c25-24(26,27)19-2-1-3-21(11-19)33-20-7-4-16(5-8-20)6-9-22-30-14-18(23(32)31-22)10-17-12-28-15-29-13-17/h1-5,7-8,11-15H,6,9-10H2,(H,30,31,32). The second-order valence-electron chi connectivity index (χ2n) is 7.37. The molecule has 0 aliphatic heterocycles. The predicted molar refractivity (Wildman–Crippen MR) is 115 cm³/mol. The van der Waals surface area contributed by atoms with Crippen molar-refractivity contribution in [2.24, 2.45) is 0 Å². The van der Waals surface area contributed by atoms with E-state index >= 15 is 0 Å². The number of alkyl halides is 3. The SMILES string of the molecule is O=c1nc(CCc2ccc(Oc3cccc(C(F)(F)F)c3)cc2)[nH]cc1Cc1cncnc1. The Morgan fingerprint density at radius 3 is 2.36 bits per heavy atom. The first-order valence-corrected chi connectivity index (χ1v) is 10.1. The number of aromatic amines is 1. The number of aryl methyl sites for hydroxylation is 2. The van der Waals surface area contributed by atoms with Crippen molar-refractivity contribution in [3.05, 3.63) is 112 Å². The first-order valence-electron chi connectivity index (χ1n) is 10.1. The van der Waals surface area contributed by atoms with Gasteiger partial charge in [0, 0.05) is 37.0 Å². The van der Waals surface area contributed by atoms with E-state index in [-0.39, 0.29) is 11.3 Å². The van der Waals surface area contributed by atoms with E-state index in [9.17, 15) is 18.0 Å². The second kappa shape index (κ2) is 9.64. The average Bonchev–Trinajstić information content (AvgIpc) is 2.81. The minimum Gasteiger partial charge on any atom is -0.457 e. The molecular formula is C24H19F3N4O2. The van der Waals surface area contributed by atoms with Crippen molar-refractivity contribution < 1.29 is 17.9 Å². The van der Waals surface area contributed by atoms with Crippen LogP contribution in [0.2, 0.25) is 0 Å². The van der Waals surface area contributed by atoms with Crippen LogP contribution in [-0.2, 0) is 25.4 Å². The summed E-state index contributed by atoms with van der Waals surface area (Å²) in [5.74, 6) is 1.11. The highest BCUT2D eigenvalue weighted by atomic mass is 19.4. The number of nitrogens with one attached hydrogen (secondary N) is 1. The summed E-state index contributed by atoms with van der Waals surface area (Å²) in [7, 11) is 0. The van der Waals surface area contributed by atoms with Crippen LogP contribution >= 0.6 is 0 Å². The van der Waals surface area contributed by atoms with Gasteiger partial charge in [0.15, 0.2) is 0 Å². The van der Waals surface area contributed by atoms with Crippen LogP contribution in [0.3, 0.4) is 0 Å². The van der Waals surface area contributed by atoms with E-state index in [1.807, 2.05) is 12.1 Å². The molecule has 9 heteroatoms. The third-order valence-corrected chi connectivity index (χ3v) is 4.90. The van der Waals surface area contributed by atoms with E-state index in [0.717, 1.165) is 23.3 Å². The number of benzene rings is 2. The summed E-state index contributed by atoms with van der Waals surface area (Å²) in [4.78, 5) is 27.4. The first-order chi connectivity index (χ1) is 15.9. The molecule has 168 valence electrons. The summed E-state index contributed by atoms with van der Waals surface area (Å²) < 4.78 is 44.1. The molecule has 2 aromatic heterocycles. The van der Waals surface area contributed by atoms with Crippen LogP contribution in [0.25, 0.3) is 0 Å². The summed E-state index contributed by atoms with van der Waals surface area (Å²) in [5.41, 5.74) is 1.27. The van der Waals surface area contributed by atoms with Gasteiger partial charge in [0.25, 0.3) is 5.56 Å². The highest BCUT2D eigenvalue weighted by Gasteiger charge is 2.30. The van der Waals surface area contributed by atoms with Gasteiger partial charge >= 0.3 is 6.18 Å². The van der Waals surface area contributed by atoms with Crippen LogP contribution in [0, 0.1) is 0 Å². The second-order valence-corrected chi connectivity index (χ2v) is 7.37. The molecule has 4 aromatic rings. The van der Waals surface area contributed by atoms with E-state index in [4.69, 9.17) is 4.74 Å². The molecule has 2 aromatic carbocycles. The fourth-order valence-corrected chi connectivity index (χ4v) is 3.21. The Balaban J connectivity index is 1.35. The fourth-order valence-electron chi connectivity index (χ4n) is 3.21. The molecule has 0 radical (unpaired) electrons. The molecule has 0 atom stereocenters. The van der Waals surface area contributed by atoms with Gasteiger partial charge in [-0.3, -0.25) is 4.79 Å². The minimum atomic E-state index is -4.42. The Kier molecular flexibility index (Phi) is 6.48. The number of ether oxygens (including phenoxy) is 1. The van der Waals surface area contributed by atoms with Crippen molar-refractivity contribution >= 4 is 0 Å². The molecule has 6 nitrogen and oxygen atoms in total. The van der Waals surface area contributed by atoms with Crippen LogP contribution in [0.5, 0.6) is 11.5 Å². The summed E-state index contributed by atoms with van der Waals surface area (Å²) in [6, 6.07) is 11.8. The van der Waals surface area contributed by atoms with E-state index in [2.05, 4.69) is 19.9 Å². The molecule has 0 spiro atoms. The smallest absolute Gasteiger partial charge is 0.416 e. The lowest BCUT2D eigenvalue weighted by atomic mass is 10.1. The maximum Gasteiger partial charge on any atom is 0.416 e. The number of hydrogen-bond acceptors (Lipinski definition) is 5. The number of hydrogen-bond donors (Lipinski definition) is 1. The van der Waals surface area contributed by atoms with Crippen molar-refractivity contribution in [3.8, 4) is 11.5 Å². The minimum absolute atomic E-state index is 0.113. The summed E-state index contributed by atoms with van der Waals surface area (Å²) >= 11 is 0. The quantitative estimate of drug-likeness (QED) is 0.438. The Labute approximate surface area is 187 Å². The molecule has 0 aliphatic rings. The fraction of sp³-hybridized carbons (Fsp3) is 0.167. The zero-order valence-electron chi connectivity index (χ0n) is 17.3. The topological polar surface area (TPSA) is 80.8 Å². The Morgan fingerprint density at radius 1 is 0.909 bits per heavy atom. The Morgan fingerprint density at radius 2 is 1.67 bits per heavy atom. The van der Waals surface area contributed by atoms with Gasteiger partial charge in [0.1, 0.15) is 23.7 Å². The molecule has 0 unspecified atom stereocenters. The first kappa shape index (κ1) is 22.2. The van der Waals surface area contributed by atoms with Gasteiger partial charge in [-0.05, 0) is 47.9 Å². The number of aromatic nitrogens is 4. The average molecular weight is 452 g/mol. The van der Waals surface area contributed by atoms with E-state index in [0.29, 0.717) is 36.4 Å². The molecular weight excluding hydrogens is 433 g/mol. The van der Waals surface area contributed by atoms with Crippen LogP contribution < -0.4 is 10.3 Å². The number of halogens is 3.